The summed E-state index contributed by atoms with van der Waals surface area (Å²) in [6.45, 7) is 5.44. The molecule has 0 aromatic heterocycles. The fourth-order valence-corrected chi connectivity index (χ4v) is 6.35. The van der Waals surface area contributed by atoms with Gasteiger partial charge in [-0.2, -0.15) is 0 Å². The molecule has 0 spiro atoms. The van der Waals surface area contributed by atoms with Gasteiger partial charge in [-0.25, -0.2) is 12.8 Å². The van der Waals surface area contributed by atoms with Crippen molar-refractivity contribution in [2.24, 2.45) is 0 Å². The maximum absolute atomic E-state index is 15.2. The van der Waals surface area contributed by atoms with Crippen molar-refractivity contribution in [3.05, 3.63) is 131 Å². The Balaban J connectivity index is 1.80. The number of hydrogen-bond donors (Lipinski definition) is 1. The van der Waals surface area contributed by atoms with E-state index in [1.54, 1.807) is 12.1 Å². The third-order valence-corrected chi connectivity index (χ3v) is 9.04. The first kappa shape index (κ1) is 32.4. The molecule has 0 radical (unpaired) electrons. The molecule has 0 bridgehead atoms. The fourth-order valence-electron chi connectivity index (χ4n) is 4.93. The van der Waals surface area contributed by atoms with Gasteiger partial charge in [0.05, 0.1) is 10.6 Å². The van der Waals surface area contributed by atoms with Crippen LogP contribution in [0.5, 0.6) is 0 Å². The minimum absolute atomic E-state index is 0.0489. The van der Waals surface area contributed by atoms with Crippen LogP contribution in [0, 0.1) is 19.7 Å². The van der Waals surface area contributed by atoms with Gasteiger partial charge >= 0.3 is 0 Å². The lowest BCUT2D eigenvalue weighted by Crippen LogP contribution is -2.53. The highest BCUT2D eigenvalue weighted by molar-refractivity contribution is 7.92. The van der Waals surface area contributed by atoms with Crippen molar-refractivity contribution in [2.75, 3.05) is 17.4 Å². The van der Waals surface area contributed by atoms with Crippen LogP contribution >= 0.6 is 0 Å². The van der Waals surface area contributed by atoms with Gasteiger partial charge in [-0.3, -0.25) is 13.9 Å². The number of hydrogen-bond acceptors (Lipinski definition) is 4. The van der Waals surface area contributed by atoms with Gasteiger partial charge < -0.3 is 10.2 Å². The van der Waals surface area contributed by atoms with Crippen molar-refractivity contribution in [1.82, 2.24) is 10.2 Å². The van der Waals surface area contributed by atoms with Crippen LogP contribution in [-0.4, -0.2) is 44.3 Å². The second kappa shape index (κ2) is 14.8. The molecule has 4 aromatic carbocycles. The summed E-state index contributed by atoms with van der Waals surface area (Å²) in [6, 6.07) is 27.6. The zero-order chi connectivity index (χ0) is 31.7. The molecule has 0 saturated heterocycles. The van der Waals surface area contributed by atoms with Gasteiger partial charge in [-0.15, -0.1) is 0 Å². The molecule has 0 heterocycles. The summed E-state index contributed by atoms with van der Waals surface area (Å²) < 4.78 is 44.0. The number of carbonyl (C=O) groups excluding carboxylic acids is 2. The minimum Gasteiger partial charge on any atom is -0.354 e. The van der Waals surface area contributed by atoms with Gasteiger partial charge in [-0.1, -0.05) is 96.9 Å². The molecule has 0 aliphatic heterocycles. The topological polar surface area (TPSA) is 86.8 Å². The van der Waals surface area contributed by atoms with E-state index >= 15 is 4.39 Å². The molecule has 2 amide bonds. The summed E-state index contributed by atoms with van der Waals surface area (Å²) in [4.78, 5) is 29.4. The van der Waals surface area contributed by atoms with Crippen molar-refractivity contribution in [3.63, 3.8) is 0 Å². The summed E-state index contributed by atoms with van der Waals surface area (Å²) in [5.41, 5.74) is 3.18. The standard InChI is InChI=1S/C35H38FN3O4S/c1-4-21-37-35(41)33(23-28-12-6-5-7-13-28)38(24-29-14-10-11-27(3)22-29)34(40)25-39(32-16-9-8-15-31(32)36)44(42,43)30-19-17-26(2)18-20-30/h5-20,22,33H,4,21,23-25H2,1-3H3,(H,37,41). The largest absolute Gasteiger partial charge is 0.354 e. The number of anilines is 1. The van der Waals surface area contributed by atoms with E-state index in [1.807, 2.05) is 75.4 Å². The normalized spacial score (nSPS) is 11.9. The zero-order valence-corrected chi connectivity index (χ0v) is 26.1. The maximum Gasteiger partial charge on any atom is 0.264 e. The van der Waals surface area contributed by atoms with Crippen LogP contribution in [0.3, 0.4) is 0 Å². The highest BCUT2D eigenvalue weighted by atomic mass is 32.2. The number of halogens is 1. The first-order valence-corrected chi connectivity index (χ1v) is 16.0. The first-order valence-electron chi connectivity index (χ1n) is 14.6. The molecule has 1 atom stereocenters. The summed E-state index contributed by atoms with van der Waals surface area (Å²) in [5.74, 6) is -1.78. The van der Waals surface area contributed by atoms with E-state index in [-0.39, 0.29) is 29.5 Å². The average Bonchev–Trinajstić information content (AvgIpc) is 3.01. The number of benzene rings is 4. The Bertz CT molecular complexity index is 1680. The van der Waals surface area contributed by atoms with Crippen LogP contribution in [-0.2, 0) is 32.6 Å². The number of nitrogens with one attached hydrogen (secondary N) is 1. The Morgan fingerprint density at radius 3 is 2.14 bits per heavy atom. The van der Waals surface area contributed by atoms with E-state index in [0.29, 0.717) is 13.0 Å². The number of rotatable bonds is 13. The predicted molar refractivity (Wildman–Crippen MR) is 171 cm³/mol. The molecule has 1 N–H and O–H groups in total. The maximum atomic E-state index is 15.2. The fraction of sp³-hybridized carbons (Fsp3) is 0.257. The molecular formula is C35H38FN3O4S. The molecule has 0 fully saturated rings. The number of nitrogens with zero attached hydrogens (tertiary/aromatic N) is 2. The molecule has 1 unspecified atom stereocenters. The quantitative estimate of drug-likeness (QED) is 0.206. The summed E-state index contributed by atoms with van der Waals surface area (Å²) >= 11 is 0. The molecule has 44 heavy (non-hydrogen) atoms. The van der Waals surface area contributed by atoms with Crippen LogP contribution in [0.25, 0.3) is 0 Å². The van der Waals surface area contributed by atoms with Crippen LogP contribution < -0.4 is 9.62 Å². The monoisotopic (exact) mass is 615 g/mol. The smallest absolute Gasteiger partial charge is 0.264 e. The molecule has 230 valence electrons. The van der Waals surface area contributed by atoms with Gasteiger partial charge in [0.15, 0.2) is 0 Å². The lowest BCUT2D eigenvalue weighted by molar-refractivity contribution is -0.140. The van der Waals surface area contributed by atoms with Gasteiger partial charge in [0, 0.05) is 19.5 Å². The van der Waals surface area contributed by atoms with Gasteiger partial charge in [0.25, 0.3) is 10.0 Å². The first-order chi connectivity index (χ1) is 21.1. The van der Waals surface area contributed by atoms with Crippen molar-refractivity contribution in [2.45, 2.75) is 51.1 Å². The summed E-state index contributed by atoms with van der Waals surface area (Å²) in [6.07, 6.45) is 0.907. The molecular weight excluding hydrogens is 577 g/mol. The van der Waals surface area contributed by atoms with Crippen molar-refractivity contribution in [1.29, 1.82) is 0 Å². The number of para-hydroxylation sites is 1. The van der Waals surface area contributed by atoms with Gasteiger partial charge in [0.1, 0.15) is 18.4 Å². The number of aryl methyl sites for hydroxylation is 2. The predicted octanol–water partition coefficient (Wildman–Crippen LogP) is 5.80. The molecule has 0 aliphatic carbocycles. The van der Waals surface area contributed by atoms with Crippen molar-refractivity contribution < 1.29 is 22.4 Å². The minimum atomic E-state index is -4.38. The summed E-state index contributed by atoms with van der Waals surface area (Å²) in [7, 11) is -4.38. The Labute approximate surface area is 259 Å². The van der Waals surface area contributed by atoms with Crippen molar-refractivity contribution >= 4 is 27.5 Å². The van der Waals surface area contributed by atoms with Crippen molar-refractivity contribution in [3.8, 4) is 0 Å². The number of sulfonamides is 1. The van der Waals surface area contributed by atoms with Crippen LogP contribution in [0.2, 0.25) is 0 Å². The molecule has 4 aromatic rings. The Hall–Kier alpha value is -4.50. The zero-order valence-electron chi connectivity index (χ0n) is 25.2. The molecule has 4 rings (SSSR count). The SMILES string of the molecule is CCCNC(=O)C(Cc1ccccc1)N(Cc1cccc(C)c1)C(=O)CN(c1ccccc1F)S(=O)(=O)c1ccc(C)cc1. The van der Waals surface area contributed by atoms with E-state index < -0.39 is 34.3 Å². The van der Waals surface area contributed by atoms with Gasteiger partial charge in [-0.05, 0) is 55.7 Å². The van der Waals surface area contributed by atoms with E-state index in [0.717, 1.165) is 32.6 Å². The molecule has 0 aliphatic rings. The van der Waals surface area contributed by atoms with E-state index in [1.165, 1.54) is 35.2 Å². The highest BCUT2D eigenvalue weighted by Crippen LogP contribution is 2.27. The Morgan fingerprint density at radius 2 is 1.48 bits per heavy atom. The van der Waals surface area contributed by atoms with Crippen LogP contribution in [0.4, 0.5) is 10.1 Å². The Morgan fingerprint density at radius 1 is 0.818 bits per heavy atom. The lowest BCUT2D eigenvalue weighted by Gasteiger charge is -2.34. The second-order valence-electron chi connectivity index (χ2n) is 10.8. The molecule has 9 heteroatoms. The molecule has 0 saturated carbocycles. The second-order valence-corrected chi connectivity index (χ2v) is 12.6. The van der Waals surface area contributed by atoms with Gasteiger partial charge in [0.2, 0.25) is 11.8 Å². The number of carbonyl (C=O) groups is 2. The van der Waals surface area contributed by atoms with E-state index in [9.17, 15) is 18.0 Å². The van der Waals surface area contributed by atoms with E-state index in [2.05, 4.69) is 5.32 Å². The van der Waals surface area contributed by atoms with Crippen LogP contribution in [0.15, 0.2) is 108 Å². The Kier molecular flexibility index (Phi) is 10.9. The average molecular weight is 616 g/mol. The third-order valence-electron chi connectivity index (χ3n) is 7.26. The third kappa shape index (κ3) is 8.11. The summed E-state index contributed by atoms with van der Waals surface area (Å²) in [5, 5.41) is 2.92. The molecule has 7 nitrogen and oxygen atoms in total. The highest BCUT2D eigenvalue weighted by Gasteiger charge is 2.35. The number of amides is 2. The van der Waals surface area contributed by atoms with Crippen LogP contribution in [0.1, 0.15) is 35.6 Å². The lowest BCUT2D eigenvalue weighted by atomic mass is 10.0. The van der Waals surface area contributed by atoms with E-state index in [4.69, 9.17) is 0 Å².